The summed E-state index contributed by atoms with van der Waals surface area (Å²) in [5.41, 5.74) is -0.500. The first-order valence-electron chi connectivity index (χ1n) is 5.28. The first-order valence-corrected chi connectivity index (χ1v) is 5.28. The molecule has 0 N–H and O–H groups in total. The third-order valence-corrected chi connectivity index (χ3v) is 3.13. The molecule has 0 aromatic heterocycles. The van der Waals surface area contributed by atoms with Crippen molar-refractivity contribution in [3.8, 4) is 0 Å². The molecule has 0 aromatic carbocycles. The standard InChI is InChI=1S/C11H17NO3/c1-4-10(13)12-9(8(2)3)5-15-11(12)6-14-7-11/h4,8-9H,1,5-7H2,2-3H3. The van der Waals surface area contributed by atoms with Gasteiger partial charge in [-0.2, -0.15) is 0 Å². The van der Waals surface area contributed by atoms with Crippen LogP contribution in [0, 0.1) is 5.92 Å². The number of nitrogens with zero attached hydrogens (tertiary/aromatic N) is 1. The average Bonchev–Trinajstić information content (AvgIpc) is 2.55. The molecule has 84 valence electrons. The van der Waals surface area contributed by atoms with Crippen molar-refractivity contribution in [3.63, 3.8) is 0 Å². The van der Waals surface area contributed by atoms with Crippen LogP contribution in [0.1, 0.15) is 13.8 Å². The molecule has 1 atom stereocenters. The van der Waals surface area contributed by atoms with Crippen LogP contribution in [-0.2, 0) is 14.3 Å². The van der Waals surface area contributed by atoms with E-state index >= 15 is 0 Å². The Hall–Kier alpha value is -0.870. The van der Waals surface area contributed by atoms with Gasteiger partial charge >= 0.3 is 0 Å². The molecule has 0 aliphatic carbocycles. The van der Waals surface area contributed by atoms with Gasteiger partial charge in [0.1, 0.15) is 0 Å². The molecule has 2 heterocycles. The molecule has 0 aromatic rings. The summed E-state index contributed by atoms with van der Waals surface area (Å²) in [7, 11) is 0. The predicted octanol–water partition coefficient (Wildman–Crippen LogP) is 0.782. The Bertz CT molecular complexity index is 284. The maximum Gasteiger partial charge on any atom is 0.248 e. The third-order valence-electron chi connectivity index (χ3n) is 3.13. The molecule has 2 aliphatic rings. The first kappa shape index (κ1) is 10.6. The predicted molar refractivity (Wildman–Crippen MR) is 55.2 cm³/mol. The SMILES string of the molecule is C=CC(=O)N1C(C(C)C)COC12COC2. The minimum absolute atomic E-state index is 0.0606. The van der Waals surface area contributed by atoms with Crippen LogP contribution in [0.25, 0.3) is 0 Å². The van der Waals surface area contributed by atoms with Crippen molar-refractivity contribution in [2.24, 2.45) is 5.92 Å². The first-order chi connectivity index (χ1) is 7.10. The molecular weight excluding hydrogens is 194 g/mol. The normalized spacial score (nSPS) is 28.2. The molecule has 2 fully saturated rings. The van der Waals surface area contributed by atoms with Crippen molar-refractivity contribution in [2.75, 3.05) is 19.8 Å². The van der Waals surface area contributed by atoms with E-state index < -0.39 is 5.72 Å². The number of carbonyl (C=O) groups excluding carboxylic acids is 1. The fourth-order valence-corrected chi connectivity index (χ4v) is 2.14. The molecule has 1 amide bonds. The maximum absolute atomic E-state index is 11.8. The molecule has 1 spiro atoms. The summed E-state index contributed by atoms with van der Waals surface area (Å²) in [5.74, 6) is 0.323. The quantitative estimate of drug-likeness (QED) is 0.634. The van der Waals surface area contributed by atoms with E-state index in [2.05, 4.69) is 20.4 Å². The minimum Gasteiger partial charge on any atom is -0.371 e. The molecule has 0 radical (unpaired) electrons. The van der Waals surface area contributed by atoms with Gasteiger partial charge in [-0.15, -0.1) is 0 Å². The fourth-order valence-electron chi connectivity index (χ4n) is 2.14. The van der Waals surface area contributed by atoms with E-state index in [4.69, 9.17) is 9.47 Å². The Morgan fingerprint density at radius 2 is 2.27 bits per heavy atom. The molecule has 0 bridgehead atoms. The van der Waals surface area contributed by atoms with Crippen LogP contribution in [0.15, 0.2) is 12.7 Å². The average molecular weight is 211 g/mol. The Morgan fingerprint density at radius 1 is 1.60 bits per heavy atom. The van der Waals surface area contributed by atoms with Gasteiger partial charge < -0.3 is 14.4 Å². The zero-order chi connectivity index (χ0) is 11.1. The summed E-state index contributed by atoms with van der Waals surface area (Å²) in [5, 5.41) is 0. The highest BCUT2D eigenvalue weighted by Crippen LogP contribution is 2.36. The Balaban J connectivity index is 2.23. The molecular formula is C11H17NO3. The van der Waals surface area contributed by atoms with Crippen LogP contribution in [-0.4, -0.2) is 42.4 Å². The highest BCUT2D eigenvalue weighted by Gasteiger charge is 2.55. The van der Waals surface area contributed by atoms with Gasteiger partial charge in [-0.05, 0) is 12.0 Å². The Morgan fingerprint density at radius 3 is 2.67 bits per heavy atom. The molecule has 2 saturated heterocycles. The number of hydrogen-bond acceptors (Lipinski definition) is 3. The molecule has 15 heavy (non-hydrogen) atoms. The summed E-state index contributed by atoms with van der Waals surface area (Å²) in [6.07, 6.45) is 1.35. The minimum atomic E-state index is -0.500. The van der Waals surface area contributed by atoms with E-state index in [-0.39, 0.29) is 11.9 Å². The summed E-state index contributed by atoms with van der Waals surface area (Å²) in [4.78, 5) is 13.6. The number of ether oxygens (including phenoxy) is 2. The van der Waals surface area contributed by atoms with Crippen molar-refractivity contribution in [1.82, 2.24) is 4.90 Å². The second-order valence-electron chi connectivity index (χ2n) is 4.47. The molecule has 2 aliphatic heterocycles. The van der Waals surface area contributed by atoms with Crippen molar-refractivity contribution >= 4 is 5.91 Å². The van der Waals surface area contributed by atoms with Crippen LogP contribution in [0.4, 0.5) is 0 Å². The second-order valence-corrected chi connectivity index (χ2v) is 4.47. The van der Waals surface area contributed by atoms with Crippen molar-refractivity contribution in [2.45, 2.75) is 25.6 Å². The van der Waals surface area contributed by atoms with Crippen LogP contribution < -0.4 is 0 Å². The monoisotopic (exact) mass is 211 g/mol. The van der Waals surface area contributed by atoms with Gasteiger partial charge in [0.25, 0.3) is 0 Å². The lowest BCUT2D eigenvalue weighted by Crippen LogP contribution is -2.63. The van der Waals surface area contributed by atoms with E-state index in [1.165, 1.54) is 6.08 Å². The second kappa shape index (κ2) is 3.61. The highest BCUT2D eigenvalue weighted by molar-refractivity contribution is 5.88. The zero-order valence-electron chi connectivity index (χ0n) is 9.23. The number of amides is 1. The molecule has 2 rings (SSSR count). The Kier molecular flexibility index (Phi) is 2.56. The number of carbonyl (C=O) groups is 1. The van der Waals surface area contributed by atoms with E-state index in [0.29, 0.717) is 25.7 Å². The Labute approximate surface area is 89.8 Å². The van der Waals surface area contributed by atoms with Gasteiger partial charge in [0.2, 0.25) is 5.91 Å². The van der Waals surface area contributed by atoms with Crippen molar-refractivity contribution in [3.05, 3.63) is 12.7 Å². The van der Waals surface area contributed by atoms with Gasteiger partial charge in [-0.3, -0.25) is 4.79 Å². The molecule has 4 nitrogen and oxygen atoms in total. The van der Waals surface area contributed by atoms with E-state index in [0.717, 1.165) is 0 Å². The summed E-state index contributed by atoms with van der Waals surface area (Å²) < 4.78 is 10.9. The van der Waals surface area contributed by atoms with Crippen LogP contribution in [0.5, 0.6) is 0 Å². The lowest BCUT2D eigenvalue weighted by atomic mass is 10.0. The summed E-state index contributed by atoms with van der Waals surface area (Å²) in [6.45, 7) is 9.28. The third kappa shape index (κ3) is 1.48. The fraction of sp³-hybridized carbons (Fsp3) is 0.727. The smallest absolute Gasteiger partial charge is 0.248 e. The van der Waals surface area contributed by atoms with Crippen LogP contribution >= 0.6 is 0 Å². The maximum atomic E-state index is 11.8. The van der Waals surface area contributed by atoms with Crippen molar-refractivity contribution in [1.29, 1.82) is 0 Å². The molecule has 4 heteroatoms. The van der Waals surface area contributed by atoms with E-state index in [1.54, 1.807) is 4.90 Å². The summed E-state index contributed by atoms with van der Waals surface area (Å²) >= 11 is 0. The lowest BCUT2D eigenvalue weighted by molar-refractivity contribution is -0.239. The highest BCUT2D eigenvalue weighted by atomic mass is 16.6. The van der Waals surface area contributed by atoms with Crippen LogP contribution in [0.3, 0.4) is 0 Å². The van der Waals surface area contributed by atoms with Gasteiger partial charge in [-0.25, -0.2) is 0 Å². The molecule has 0 saturated carbocycles. The van der Waals surface area contributed by atoms with E-state index in [1.807, 2.05) is 0 Å². The van der Waals surface area contributed by atoms with Gasteiger partial charge in [0.05, 0.1) is 25.9 Å². The van der Waals surface area contributed by atoms with Gasteiger partial charge in [0, 0.05) is 0 Å². The number of hydrogen-bond donors (Lipinski definition) is 0. The lowest BCUT2D eigenvalue weighted by Gasteiger charge is -2.45. The van der Waals surface area contributed by atoms with Crippen molar-refractivity contribution < 1.29 is 14.3 Å². The van der Waals surface area contributed by atoms with Gasteiger partial charge in [0.15, 0.2) is 5.72 Å². The molecule has 1 unspecified atom stereocenters. The van der Waals surface area contributed by atoms with E-state index in [9.17, 15) is 4.79 Å². The topological polar surface area (TPSA) is 38.8 Å². The van der Waals surface area contributed by atoms with Crippen LogP contribution in [0.2, 0.25) is 0 Å². The summed E-state index contributed by atoms with van der Waals surface area (Å²) in [6, 6.07) is 0.138. The zero-order valence-corrected chi connectivity index (χ0v) is 9.23. The van der Waals surface area contributed by atoms with Gasteiger partial charge in [-0.1, -0.05) is 20.4 Å². The largest absolute Gasteiger partial charge is 0.371 e. The number of rotatable bonds is 2.